The van der Waals surface area contributed by atoms with Crippen molar-refractivity contribution >= 4 is 50.1 Å². The number of nitrogens with zero attached hydrogens (tertiary/aromatic N) is 1. The number of hydrogen-bond donors (Lipinski definition) is 3. The Morgan fingerprint density at radius 1 is 1.46 bits per heavy atom. The van der Waals surface area contributed by atoms with E-state index >= 15 is 0 Å². The number of hydrogen-bond acceptors (Lipinski definition) is 8. The third kappa shape index (κ3) is 6.13. The van der Waals surface area contributed by atoms with E-state index in [9.17, 15) is 14.8 Å². The Hall–Kier alpha value is -1.01. The molecule has 0 aliphatic heterocycles. The minimum atomic E-state index is -1.59. The first-order valence-corrected chi connectivity index (χ1v) is 7.87. The van der Waals surface area contributed by atoms with Crippen LogP contribution in [0, 0.1) is 0 Å². The number of para-hydroxylation sites is 1. The summed E-state index contributed by atoms with van der Waals surface area (Å²) in [5.74, 6) is -0.719. The largest absolute Gasteiger partial charge is 0.472 e. The minimum Gasteiger partial charge on any atom is -0.464 e. The summed E-state index contributed by atoms with van der Waals surface area (Å²) in [6.07, 6.45) is 3.16. The van der Waals surface area contributed by atoms with Crippen LogP contribution in [0.15, 0.2) is 34.9 Å². The van der Waals surface area contributed by atoms with E-state index in [0.717, 1.165) is 35.0 Å². The standard InChI is InChI=1S/C14H19BN2O5S.H2S/c1-17(7-4-8-18)23-22-16-14(15(19)20)9-11-10-21-13-6-3-2-5-12(11)13;/h2-3,5-6,8,10,14,16,19-20H,4,7,9H2,1H3;1H2. The first kappa shape index (κ1) is 21.0. The highest BCUT2D eigenvalue weighted by Crippen LogP contribution is 2.22. The Morgan fingerprint density at radius 3 is 2.92 bits per heavy atom. The number of rotatable bonds is 10. The lowest BCUT2D eigenvalue weighted by molar-refractivity contribution is -0.107. The molecule has 0 radical (unpaired) electrons. The van der Waals surface area contributed by atoms with Crippen LogP contribution in [0.1, 0.15) is 12.0 Å². The molecule has 0 aliphatic carbocycles. The van der Waals surface area contributed by atoms with Crippen LogP contribution in [-0.4, -0.2) is 47.3 Å². The number of aldehydes is 1. The van der Waals surface area contributed by atoms with Crippen molar-refractivity contribution in [2.45, 2.75) is 18.8 Å². The van der Waals surface area contributed by atoms with Gasteiger partial charge >= 0.3 is 7.12 Å². The average molecular weight is 372 g/mol. The van der Waals surface area contributed by atoms with E-state index in [4.69, 9.17) is 8.70 Å². The summed E-state index contributed by atoms with van der Waals surface area (Å²) in [5.41, 5.74) is 4.22. The van der Waals surface area contributed by atoms with Gasteiger partial charge in [-0.1, -0.05) is 18.2 Å². The zero-order valence-corrected chi connectivity index (χ0v) is 15.0. The van der Waals surface area contributed by atoms with Gasteiger partial charge in [0.05, 0.1) is 12.2 Å². The van der Waals surface area contributed by atoms with Crippen LogP contribution in [0.4, 0.5) is 0 Å². The molecule has 10 heteroatoms. The van der Waals surface area contributed by atoms with E-state index < -0.39 is 13.1 Å². The molecule has 1 atom stereocenters. The van der Waals surface area contributed by atoms with Crippen LogP contribution >= 0.6 is 25.7 Å². The predicted molar refractivity (Wildman–Crippen MR) is 99.4 cm³/mol. The van der Waals surface area contributed by atoms with Gasteiger partial charge in [-0.25, -0.2) is 8.59 Å². The molecule has 1 heterocycles. The molecule has 24 heavy (non-hydrogen) atoms. The van der Waals surface area contributed by atoms with Crippen LogP contribution in [0.3, 0.4) is 0 Å². The van der Waals surface area contributed by atoms with Crippen molar-refractivity contribution < 1.29 is 23.5 Å². The molecule has 0 aliphatic rings. The van der Waals surface area contributed by atoms with Gasteiger partial charge in [-0.3, -0.25) is 0 Å². The first-order chi connectivity index (χ1) is 11.1. The molecule has 2 rings (SSSR count). The highest BCUT2D eigenvalue weighted by atomic mass is 32.2. The van der Waals surface area contributed by atoms with Gasteiger partial charge in [0.2, 0.25) is 0 Å². The smallest absolute Gasteiger partial charge is 0.464 e. The fourth-order valence-electron chi connectivity index (χ4n) is 2.05. The molecular weight excluding hydrogens is 351 g/mol. The van der Waals surface area contributed by atoms with Gasteiger partial charge in [-0.2, -0.15) is 19.0 Å². The molecule has 0 fully saturated rings. The maximum absolute atomic E-state index is 10.3. The predicted octanol–water partition coefficient (Wildman–Crippen LogP) is 1.07. The van der Waals surface area contributed by atoms with E-state index in [1.54, 1.807) is 17.6 Å². The normalized spacial score (nSPS) is 12.2. The molecule has 132 valence electrons. The number of fused-ring (bicyclic) bond motifs is 1. The van der Waals surface area contributed by atoms with Crippen LogP contribution in [0.5, 0.6) is 0 Å². The summed E-state index contributed by atoms with van der Waals surface area (Å²) < 4.78 is 12.4. The summed E-state index contributed by atoms with van der Waals surface area (Å²) in [6.45, 7) is 0.536. The van der Waals surface area contributed by atoms with Gasteiger partial charge in [-0.15, -0.1) is 0 Å². The first-order valence-electron chi connectivity index (χ1n) is 7.17. The van der Waals surface area contributed by atoms with Crippen LogP contribution < -0.4 is 5.48 Å². The molecular formula is C14H21BN2O5S2. The zero-order valence-electron chi connectivity index (χ0n) is 13.2. The lowest BCUT2D eigenvalue weighted by Crippen LogP contribution is -2.44. The monoisotopic (exact) mass is 372 g/mol. The van der Waals surface area contributed by atoms with Crippen molar-refractivity contribution in [2.24, 2.45) is 0 Å². The van der Waals surface area contributed by atoms with Crippen molar-refractivity contribution in [1.29, 1.82) is 0 Å². The highest BCUT2D eigenvalue weighted by molar-refractivity contribution is 7.92. The number of hydroxylamine groups is 1. The number of nitrogens with one attached hydrogen (secondary N) is 1. The molecule has 7 nitrogen and oxygen atoms in total. The van der Waals surface area contributed by atoms with Gasteiger partial charge in [0.25, 0.3) is 0 Å². The van der Waals surface area contributed by atoms with Crippen LogP contribution in [0.2, 0.25) is 0 Å². The molecule has 3 N–H and O–H groups in total. The topological polar surface area (TPSA) is 95.2 Å². The van der Waals surface area contributed by atoms with E-state index in [0.29, 0.717) is 19.4 Å². The summed E-state index contributed by atoms with van der Waals surface area (Å²) in [5, 5.41) is 19.9. The highest BCUT2D eigenvalue weighted by Gasteiger charge is 2.25. The third-order valence-electron chi connectivity index (χ3n) is 3.29. The van der Waals surface area contributed by atoms with Crippen molar-refractivity contribution in [3.63, 3.8) is 0 Å². The molecule has 0 saturated carbocycles. The summed E-state index contributed by atoms with van der Waals surface area (Å²) >= 11 is 0.996. The van der Waals surface area contributed by atoms with Gasteiger partial charge in [0, 0.05) is 18.4 Å². The van der Waals surface area contributed by atoms with Crippen LogP contribution in [0.25, 0.3) is 11.0 Å². The van der Waals surface area contributed by atoms with E-state index in [2.05, 4.69) is 5.48 Å². The van der Waals surface area contributed by atoms with E-state index in [1.807, 2.05) is 24.3 Å². The molecule has 0 saturated heterocycles. The molecule has 1 unspecified atom stereocenters. The van der Waals surface area contributed by atoms with Crippen molar-refractivity contribution in [2.75, 3.05) is 13.6 Å². The lowest BCUT2D eigenvalue weighted by Gasteiger charge is -2.18. The maximum atomic E-state index is 10.3. The van der Waals surface area contributed by atoms with E-state index in [1.165, 1.54) is 0 Å². The Balaban J connectivity index is 0.00000288. The summed E-state index contributed by atoms with van der Waals surface area (Å²) in [7, 11) is 0.175. The lowest BCUT2D eigenvalue weighted by atomic mass is 9.76. The van der Waals surface area contributed by atoms with Gasteiger partial charge in [0.1, 0.15) is 24.1 Å². The van der Waals surface area contributed by atoms with Gasteiger partial charge in [0.15, 0.2) is 0 Å². The maximum Gasteiger partial charge on any atom is 0.472 e. The minimum absolute atomic E-state index is 0. The van der Waals surface area contributed by atoms with Crippen molar-refractivity contribution in [1.82, 2.24) is 9.79 Å². The second kappa shape index (κ2) is 10.8. The third-order valence-corrected chi connectivity index (χ3v) is 3.89. The van der Waals surface area contributed by atoms with Gasteiger partial charge in [-0.05, 0) is 25.1 Å². The number of furan rings is 1. The quantitative estimate of drug-likeness (QED) is 0.188. The Labute approximate surface area is 152 Å². The van der Waals surface area contributed by atoms with Crippen LogP contribution in [-0.2, 0) is 15.5 Å². The number of carbonyl (C=O) groups excluding carboxylic acids is 1. The molecule has 1 aromatic carbocycles. The second-order valence-electron chi connectivity index (χ2n) is 5.06. The SMILES string of the molecule is CN(CCC=O)SONC(Cc1coc2ccccc12)B(O)O.S. The molecule has 0 spiro atoms. The number of benzene rings is 1. The fraction of sp³-hybridized carbons (Fsp3) is 0.357. The molecule has 0 bridgehead atoms. The average Bonchev–Trinajstić information content (AvgIpc) is 2.95. The Morgan fingerprint density at radius 2 is 2.21 bits per heavy atom. The second-order valence-corrected chi connectivity index (χ2v) is 6.00. The molecule has 2 aromatic rings. The zero-order chi connectivity index (χ0) is 16.7. The van der Waals surface area contributed by atoms with Gasteiger partial charge < -0.3 is 19.3 Å². The van der Waals surface area contributed by atoms with Crippen molar-refractivity contribution in [3.8, 4) is 0 Å². The Kier molecular flexibility index (Phi) is 9.45. The molecule has 0 amide bonds. The van der Waals surface area contributed by atoms with Crippen molar-refractivity contribution in [3.05, 3.63) is 36.1 Å². The molecule has 1 aromatic heterocycles. The summed E-state index contributed by atoms with van der Waals surface area (Å²) in [4.78, 5) is 10.3. The number of carbonyl (C=O) groups is 1. The fourth-order valence-corrected chi connectivity index (χ4v) is 2.53. The Bertz CT molecular complexity index is 628. The summed E-state index contributed by atoms with van der Waals surface area (Å²) in [6, 6.07) is 7.54. The van der Waals surface area contributed by atoms with E-state index in [-0.39, 0.29) is 13.5 Å².